The number of rotatable bonds is 4. The number of hydrogen-bond donors (Lipinski definition) is 0. The number of para-hydroxylation sites is 2. The zero-order valence-corrected chi connectivity index (χ0v) is 14.6. The van der Waals surface area contributed by atoms with Gasteiger partial charge in [0.05, 0.1) is 18.2 Å². The summed E-state index contributed by atoms with van der Waals surface area (Å²) in [5, 5.41) is 22.4. The molecule has 26 heavy (non-hydrogen) atoms. The van der Waals surface area contributed by atoms with Crippen molar-refractivity contribution in [2.45, 2.75) is 6.54 Å². The predicted molar refractivity (Wildman–Crippen MR) is 97.3 cm³/mol. The average Bonchev–Trinajstić information content (AvgIpc) is 3.38. The van der Waals surface area contributed by atoms with Gasteiger partial charge >= 0.3 is 0 Å². The van der Waals surface area contributed by atoms with E-state index in [2.05, 4.69) is 25.6 Å². The van der Waals surface area contributed by atoms with Crippen LogP contribution in [-0.2, 0) is 6.54 Å². The third-order valence-electron chi connectivity index (χ3n) is 4.10. The highest BCUT2D eigenvalue weighted by Crippen LogP contribution is 2.32. The van der Waals surface area contributed by atoms with E-state index in [0.29, 0.717) is 12.4 Å². The highest BCUT2D eigenvalue weighted by Gasteiger charge is 2.16. The first-order valence-corrected chi connectivity index (χ1v) is 8.78. The maximum Gasteiger partial charge on any atom is 0.235 e. The minimum Gasteiger partial charge on any atom is -0.496 e. The molecule has 0 spiro atoms. The van der Waals surface area contributed by atoms with Gasteiger partial charge in [-0.3, -0.25) is 0 Å². The van der Waals surface area contributed by atoms with E-state index in [-0.39, 0.29) is 0 Å². The Kier molecular flexibility index (Phi) is 3.39. The van der Waals surface area contributed by atoms with Gasteiger partial charge in [0.15, 0.2) is 10.8 Å². The monoisotopic (exact) mass is 363 g/mol. The summed E-state index contributed by atoms with van der Waals surface area (Å²) < 4.78 is 8.99. The number of benzene rings is 2. The van der Waals surface area contributed by atoms with Gasteiger partial charge in [0.2, 0.25) is 4.96 Å². The minimum atomic E-state index is 0.441. The minimum absolute atomic E-state index is 0.441. The Labute approximate surface area is 151 Å². The summed E-state index contributed by atoms with van der Waals surface area (Å²) in [5.41, 5.74) is 2.73. The molecule has 0 atom stereocenters. The van der Waals surface area contributed by atoms with E-state index in [1.165, 1.54) is 11.3 Å². The lowest BCUT2D eigenvalue weighted by molar-refractivity contribution is 0.416. The van der Waals surface area contributed by atoms with Crippen LogP contribution in [0.1, 0.15) is 5.82 Å². The highest BCUT2D eigenvalue weighted by molar-refractivity contribution is 7.19. The van der Waals surface area contributed by atoms with Crippen molar-refractivity contribution in [1.82, 2.24) is 34.8 Å². The third-order valence-corrected chi connectivity index (χ3v) is 5.04. The highest BCUT2D eigenvalue weighted by atomic mass is 32.1. The number of hydrogen-bond acceptors (Lipinski definition) is 7. The van der Waals surface area contributed by atoms with E-state index in [1.54, 1.807) is 16.3 Å². The maximum atomic E-state index is 5.43. The Hall–Kier alpha value is -3.33. The van der Waals surface area contributed by atoms with Crippen LogP contribution < -0.4 is 4.74 Å². The molecule has 9 heteroatoms. The smallest absolute Gasteiger partial charge is 0.235 e. The average molecular weight is 363 g/mol. The zero-order chi connectivity index (χ0) is 17.5. The number of fused-ring (bicyclic) bond motifs is 2. The van der Waals surface area contributed by atoms with Crippen molar-refractivity contribution >= 4 is 27.3 Å². The molecule has 128 valence electrons. The molecule has 0 saturated heterocycles. The molecule has 0 aliphatic carbocycles. The van der Waals surface area contributed by atoms with Crippen molar-refractivity contribution in [3.63, 3.8) is 0 Å². The molecule has 3 heterocycles. The van der Waals surface area contributed by atoms with Gasteiger partial charge in [-0.2, -0.15) is 9.61 Å². The lowest BCUT2D eigenvalue weighted by Gasteiger charge is -2.04. The second-order valence-corrected chi connectivity index (χ2v) is 6.61. The molecule has 5 rings (SSSR count). The molecule has 0 bridgehead atoms. The van der Waals surface area contributed by atoms with Gasteiger partial charge in [-0.1, -0.05) is 40.8 Å². The van der Waals surface area contributed by atoms with Crippen LogP contribution in [0.2, 0.25) is 0 Å². The molecule has 8 nitrogen and oxygen atoms in total. The Morgan fingerprint density at radius 3 is 2.77 bits per heavy atom. The standard InChI is InChI=1S/C17H13N7OS/c1-25-14-9-5-2-6-11(14)16-21-24-15(19-20-17(24)26-16)10-23-13-8-4-3-7-12(13)18-22-23/h2-9H,10H2,1H3. The summed E-state index contributed by atoms with van der Waals surface area (Å²) in [4.78, 5) is 0.727. The Balaban J connectivity index is 1.56. The molecule has 0 unspecified atom stereocenters. The lowest BCUT2D eigenvalue weighted by Crippen LogP contribution is -2.06. The molecule has 0 amide bonds. The summed E-state index contributed by atoms with van der Waals surface area (Å²) in [6.45, 7) is 0.441. The molecule has 5 aromatic rings. The molecule has 0 radical (unpaired) electrons. The van der Waals surface area contributed by atoms with Crippen LogP contribution in [0.4, 0.5) is 0 Å². The van der Waals surface area contributed by atoms with Crippen LogP contribution in [0.15, 0.2) is 48.5 Å². The number of nitrogens with zero attached hydrogens (tertiary/aromatic N) is 7. The second kappa shape index (κ2) is 5.88. The fourth-order valence-electron chi connectivity index (χ4n) is 2.85. The van der Waals surface area contributed by atoms with Crippen LogP contribution in [0.3, 0.4) is 0 Å². The SMILES string of the molecule is COc1ccccc1-c1nn2c(Cn3nnc4ccccc43)nnc2s1. The van der Waals surface area contributed by atoms with Gasteiger partial charge in [0, 0.05) is 0 Å². The van der Waals surface area contributed by atoms with Gasteiger partial charge in [-0.25, -0.2) is 4.68 Å². The lowest BCUT2D eigenvalue weighted by atomic mass is 10.2. The number of aromatic nitrogens is 7. The van der Waals surface area contributed by atoms with Crippen molar-refractivity contribution < 1.29 is 4.74 Å². The van der Waals surface area contributed by atoms with Crippen molar-refractivity contribution in [1.29, 1.82) is 0 Å². The fraction of sp³-hybridized carbons (Fsp3) is 0.118. The summed E-state index contributed by atoms with van der Waals surface area (Å²) in [6, 6.07) is 15.6. The quantitative estimate of drug-likeness (QED) is 0.488. The number of ether oxygens (including phenoxy) is 1. The Morgan fingerprint density at radius 2 is 1.85 bits per heavy atom. The summed E-state index contributed by atoms with van der Waals surface area (Å²) >= 11 is 1.47. The van der Waals surface area contributed by atoms with E-state index in [4.69, 9.17) is 4.74 Å². The van der Waals surface area contributed by atoms with E-state index >= 15 is 0 Å². The molecule has 0 aliphatic rings. The molecule has 0 N–H and O–H groups in total. The maximum absolute atomic E-state index is 5.43. The summed E-state index contributed by atoms with van der Waals surface area (Å²) in [6.07, 6.45) is 0. The van der Waals surface area contributed by atoms with Crippen molar-refractivity contribution in [3.8, 4) is 16.3 Å². The van der Waals surface area contributed by atoms with Gasteiger partial charge in [0.25, 0.3) is 0 Å². The first-order valence-electron chi connectivity index (χ1n) is 7.96. The van der Waals surface area contributed by atoms with Gasteiger partial charge < -0.3 is 4.74 Å². The molecule has 3 aromatic heterocycles. The summed E-state index contributed by atoms with van der Waals surface area (Å²) in [7, 11) is 1.65. The predicted octanol–water partition coefficient (Wildman–Crippen LogP) is 2.65. The van der Waals surface area contributed by atoms with Crippen LogP contribution in [0.5, 0.6) is 5.75 Å². The van der Waals surface area contributed by atoms with E-state index in [0.717, 1.165) is 32.3 Å². The fourth-order valence-corrected chi connectivity index (χ4v) is 3.74. The van der Waals surface area contributed by atoms with Crippen LogP contribution in [-0.4, -0.2) is 41.9 Å². The summed E-state index contributed by atoms with van der Waals surface area (Å²) in [5.74, 6) is 1.48. The molecular formula is C17H13N7OS. The second-order valence-electron chi connectivity index (χ2n) is 5.65. The van der Waals surface area contributed by atoms with Gasteiger partial charge in [-0.05, 0) is 24.3 Å². The van der Waals surface area contributed by atoms with Crippen LogP contribution in [0.25, 0.3) is 26.6 Å². The number of methoxy groups -OCH3 is 1. The normalized spacial score (nSPS) is 11.4. The van der Waals surface area contributed by atoms with Crippen molar-refractivity contribution in [2.24, 2.45) is 0 Å². The van der Waals surface area contributed by atoms with Crippen LogP contribution in [0, 0.1) is 0 Å². The van der Waals surface area contributed by atoms with E-state index in [1.807, 2.05) is 48.5 Å². The van der Waals surface area contributed by atoms with Gasteiger partial charge in [0.1, 0.15) is 17.8 Å². The third kappa shape index (κ3) is 2.32. The molecule has 0 aliphatic heterocycles. The Bertz CT molecular complexity index is 1220. The first kappa shape index (κ1) is 15.0. The van der Waals surface area contributed by atoms with Crippen LogP contribution >= 0.6 is 11.3 Å². The van der Waals surface area contributed by atoms with Crippen molar-refractivity contribution in [2.75, 3.05) is 7.11 Å². The van der Waals surface area contributed by atoms with E-state index < -0.39 is 0 Å². The van der Waals surface area contributed by atoms with E-state index in [9.17, 15) is 0 Å². The topological polar surface area (TPSA) is 83.0 Å². The molecule has 0 fully saturated rings. The Morgan fingerprint density at radius 1 is 1.00 bits per heavy atom. The molecule has 0 saturated carbocycles. The first-order chi connectivity index (χ1) is 12.8. The largest absolute Gasteiger partial charge is 0.496 e. The zero-order valence-electron chi connectivity index (χ0n) is 13.8. The molecule has 2 aromatic carbocycles. The van der Waals surface area contributed by atoms with Gasteiger partial charge in [-0.15, -0.1) is 15.3 Å². The molecular weight excluding hydrogens is 350 g/mol. The van der Waals surface area contributed by atoms with Crippen molar-refractivity contribution in [3.05, 3.63) is 54.4 Å².